The highest BCUT2D eigenvalue weighted by Crippen LogP contribution is 2.40. The highest BCUT2D eigenvalue weighted by molar-refractivity contribution is 7.25. The summed E-state index contributed by atoms with van der Waals surface area (Å²) in [5.41, 5.74) is 0. The van der Waals surface area contributed by atoms with E-state index in [1.807, 2.05) is 0 Å². The van der Waals surface area contributed by atoms with Crippen molar-refractivity contribution < 1.29 is 0 Å². The van der Waals surface area contributed by atoms with Crippen LogP contribution >= 0.6 is 11.3 Å². The van der Waals surface area contributed by atoms with Crippen molar-refractivity contribution in [3.05, 3.63) is 42.2 Å². The highest BCUT2D eigenvalue weighted by atomic mass is 32.1. The molecule has 6 nitrogen and oxygen atoms in total. The predicted octanol–water partition coefficient (Wildman–Crippen LogP) is 4.22. The Balaban J connectivity index is 1.37. The van der Waals surface area contributed by atoms with Gasteiger partial charge in [-0.3, -0.25) is 5.10 Å². The number of piperidine rings is 1. The number of rotatable bonds is 3. The molecular formula is C20H20N6S. The van der Waals surface area contributed by atoms with Gasteiger partial charge in [0, 0.05) is 35.0 Å². The third kappa shape index (κ3) is 2.60. The molecule has 1 aliphatic heterocycles. The zero-order valence-electron chi connectivity index (χ0n) is 14.9. The third-order valence-corrected chi connectivity index (χ3v) is 6.80. The number of hydrogen-bond acceptors (Lipinski definition) is 6. The molecule has 27 heavy (non-hydrogen) atoms. The van der Waals surface area contributed by atoms with Gasteiger partial charge < -0.3 is 4.90 Å². The van der Waals surface area contributed by atoms with Crippen molar-refractivity contribution in [3.8, 4) is 0 Å². The molecule has 1 N–H and O–H groups in total. The van der Waals surface area contributed by atoms with Gasteiger partial charge in [0.15, 0.2) is 5.82 Å². The molecule has 7 heteroatoms. The summed E-state index contributed by atoms with van der Waals surface area (Å²) in [4.78, 5) is 17.5. The van der Waals surface area contributed by atoms with E-state index in [9.17, 15) is 0 Å². The summed E-state index contributed by atoms with van der Waals surface area (Å²) in [6.45, 7) is 1.94. The van der Waals surface area contributed by atoms with Gasteiger partial charge in [0.2, 0.25) is 0 Å². The van der Waals surface area contributed by atoms with E-state index in [2.05, 4.69) is 44.3 Å². The van der Waals surface area contributed by atoms with Gasteiger partial charge in [-0.25, -0.2) is 15.0 Å². The van der Waals surface area contributed by atoms with Crippen molar-refractivity contribution in [2.24, 2.45) is 0 Å². The first kappa shape index (κ1) is 15.5. The van der Waals surface area contributed by atoms with E-state index in [1.165, 1.54) is 28.3 Å². The number of anilines is 1. The average molecular weight is 376 g/mol. The Bertz CT molecular complexity index is 1130. The summed E-state index contributed by atoms with van der Waals surface area (Å²) in [6.07, 6.45) is 6.46. The second-order valence-corrected chi connectivity index (χ2v) is 8.64. The summed E-state index contributed by atoms with van der Waals surface area (Å²) in [5.74, 6) is 4.08. The normalized spacial score (nSPS) is 20.6. The van der Waals surface area contributed by atoms with Crippen LogP contribution in [-0.4, -0.2) is 38.2 Å². The molecule has 1 unspecified atom stereocenters. The Hall–Kier alpha value is -2.54. The fourth-order valence-corrected chi connectivity index (χ4v) is 5.21. The number of nitrogens with one attached hydrogen (secondary N) is 1. The van der Waals surface area contributed by atoms with E-state index in [4.69, 9.17) is 9.97 Å². The van der Waals surface area contributed by atoms with Gasteiger partial charge in [-0.1, -0.05) is 18.2 Å². The first-order valence-electron chi connectivity index (χ1n) is 9.66. The van der Waals surface area contributed by atoms with Gasteiger partial charge in [0.05, 0.1) is 5.39 Å². The molecule has 0 amide bonds. The molecule has 0 radical (unpaired) electrons. The summed E-state index contributed by atoms with van der Waals surface area (Å²) in [6, 6.07) is 8.52. The lowest BCUT2D eigenvalue weighted by molar-refractivity contribution is 0.490. The molecule has 2 fully saturated rings. The van der Waals surface area contributed by atoms with E-state index < -0.39 is 0 Å². The lowest BCUT2D eigenvalue weighted by Crippen LogP contribution is -2.35. The van der Waals surface area contributed by atoms with Gasteiger partial charge in [0.25, 0.3) is 0 Å². The van der Waals surface area contributed by atoms with Gasteiger partial charge >= 0.3 is 0 Å². The number of aromatic amines is 1. The Morgan fingerprint density at radius 1 is 1.07 bits per heavy atom. The van der Waals surface area contributed by atoms with Crippen LogP contribution in [0.15, 0.2) is 30.6 Å². The molecule has 4 aromatic rings. The van der Waals surface area contributed by atoms with Crippen LogP contribution in [-0.2, 0) is 0 Å². The molecule has 0 bridgehead atoms. The Kier molecular flexibility index (Phi) is 3.44. The highest BCUT2D eigenvalue weighted by Gasteiger charge is 2.31. The minimum absolute atomic E-state index is 0.359. The van der Waals surface area contributed by atoms with Gasteiger partial charge in [0.1, 0.15) is 22.8 Å². The molecule has 2 aliphatic rings. The molecule has 4 heterocycles. The smallest absolute Gasteiger partial charge is 0.155 e. The van der Waals surface area contributed by atoms with Crippen LogP contribution in [0, 0.1) is 0 Å². The van der Waals surface area contributed by atoms with Crippen molar-refractivity contribution in [1.29, 1.82) is 0 Å². The van der Waals surface area contributed by atoms with Gasteiger partial charge in [-0.2, -0.15) is 5.10 Å². The Morgan fingerprint density at radius 3 is 2.93 bits per heavy atom. The van der Waals surface area contributed by atoms with E-state index >= 15 is 0 Å². The second kappa shape index (κ2) is 5.99. The van der Waals surface area contributed by atoms with Crippen LogP contribution in [0.3, 0.4) is 0 Å². The van der Waals surface area contributed by atoms with Crippen LogP contribution in [0.1, 0.15) is 49.2 Å². The van der Waals surface area contributed by atoms with Crippen LogP contribution in [0.4, 0.5) is 5.82 Å². The Morgan fingerprint density at radius 2 is 2.00 bits per heavy atom. The molecule has 6 rings (SSSR count). The number of thiophene rings is 1. The zero-order valence-corrected chi connectivity index (χ0v) is 15.7. The van der Waals surface area contributed by atoms with Crippen molar-refractivity contribution in [3.63, 3.8) is 0 Å². The topological polar surface area (TPSA) is 70.6 Å². The number of benzene rings is 1. The average Bonchev–Trinajstić information content (AvgIpc) is 3.32. The fraction of sp³-hybridized carbons (Fsp3) is 0.400. The number of hydrogen-bond donors (Lipinski definition) is 1. The minimum atomic E-state index is 0.359. The SMILES string of the molecule is c1ccc2c(c1)sc1ncnc(N3CCCC(c4n[nH]c(C5CC5)n4)C3)c12. The zero-order chi connectivity index (χ0) is 17.8. The molecular weight excluding hydrogens is 356 g/mol. The molecule has 1 saturated heterocycles. The van der Waals surface area contributed by atoms with Crippen LogP contribution in [0.2, 0.25) is 0 Å². The van der Waals surface area contributed by atoms with Crippen LogP contribution in [0.5, 0.6) is 0 Å². The maximum atomic E-state index is 4.80. The third-order valence-electron chi connectivity index (χ3n) is 5.73. The molecule has 3 aromatic heterocycles. The predicted molar refractivity (Wildman–Crippen MR) is 107 cm³/mol. The second-order valence-electron chi connectivity index (χ2n) is 7.61. The first-order chi connectivity index (χ1) is 13.4. The maximum absolute atomic E-state index is 4.80. The molecule has 1 aromatic carbocycles. The Labute approximate surface area is 160 Å². The van der Waals surface area contributed by atoms with Gasteiger partial charge in [-0.05, 0) is 31.7 Å². The quantitative estimate of drug-likeness (QED) is 0.579. The molecule has 1 saturated carbocycles. The van der Waals surface area contributed by atoms with E-state index in [0.717, 1.165) is 48.2 Å². The summed E-state index contributed by atoms with van der Waals surface area (Å²) < 4.78 is 1.27. The van der Waals surface area contributed by atoms with Crippen molar-refractivity contribution >= 4 is 37.5 Å². The lowest BCUT2D eigenvalue weighted by atomic mass is 9.97. The van der Waals surface area contributed by atoms with Crippen LogP contribution in [0.25, 0.3) is 20.3 Å². The molecule has 1 atom stereocenters. The monoisotopic (exact) mass is 376 g/mol. The number of fused-ring (bicyclic) bond motifs is 3. The largest absolute Gasteiger partial charge is 0.355 e. The fourth-order valence-electron chi connectivity index (χ4n) is 4.17. The number of nitrogens with zero attached hydrogens (tertiary/aromatic N) is 5. The minimum Gasteiger partial charge on any atom is -0.355 e. The van der Waals surface area contributed by atoms with E-state index in [-0.39, 0.29) is 0 Å². The van der Waals surface area contributed by atoms with E-state index in [0.29, 0.717) is 11.8 Å². The number of aromatic nitrogens is 5. The molecule has 136 valence electrons. The standard InChI is InChI=1S/C20H20N6S/c1-2-6-15-14(5-1)16-19(21-11-22-20(16)27-15)26-9-3-4-13(10-26)18-23-17(24-25-18)12-7-8-12/h1-2,5-6,11-13H,3-4,7-10H2,(H,23,24,25). The van der Waals surface area contributed by atoms with Gasteiger partial charge in [-0.15, -0.1) is 11.3 Å². The van der Waals surface area contributed by atoms with Crippen molar-refractivity contribution in [2.75, 3.05) is 18.0 Å². The molecule has 1 aliphatic carbocycles. The van der Waals surface area contributed by atoms with Crippen molar-refractivity contribution in [1.82, 2.24) is 25.1 Å². The lowest BCUT2D eigenvalue weighted by Gasteiger charge is -2.32. The van der Waals surface area contributed by atoms with Crippen molar-refractivity contribution in [2.45, 2.75) is 37.5 Å². The van der Waals surface area contributed by atoms with E-state index in [1.54, 1.807) is 17.7 Å². The summed E-state index contributed by atoms with van der Waals surface area (Å²) in [7, 11) is 0. The summed E-state index contributed by atoms with van der Waals surface area (Å²) >= 11 is 1.74. The summed E-state index contributed by atoms with van der Waals surface area (Å²) in [5, 5.41) is 10.1. The first-order valence-corrected chi connectivity index (χ1v) is 10.5. The van der Waals surface area contributed by atoms with Crippen LogP contribution < -0.4 is 4.90 Å². The number of H-pyrrole nitrogens is 1. The molecule has 0 spiro atoms. The maximum Gasteiger partial charge on any atom is 0.155 e.